The molecule has 0 spiro atoms. The molecule has 0 aliphatic carbocycles. The van der Waals surface area contributed by atoms with E-state index in [1.54, 1.807) is 19.3 Å². The second-order valence-corrected chi connectivity index (χ2v) is 7.19. The molecule has 6 heteroatoms. The van der Waals surface area contributed by atoms with Crippen LogP contribution in [0.1, 0.15) is 57.4 Å². The molecule has 1 rings (SSSR count). The number of carbonyl (C=O) groups is 1. The van der Waals surface area contributed by atoms with E-state index in [1.807, 2.05) is 12.1 Å². The molecule has 0 saturated heterocycles. The molecule has 1 unspecified atom stereocenters. The molecule has 1 amide bonds. The Labute approximate surface area is 175 Å². The normalized spacial score (nSPS) is 11.7. The minimum atomic E-state index is -0.624. The fourth-order valence-electron chi connectivity index (χ4n) is 2.89. The average molecular weight is 407 g/mol. The largest absolute Gasteiger partial charge is 0.493 e. The first-order valence-corrected chi connectivity index (χ1v) is 10.7. The van der Waals surface area contributed by atoms with E-state index in [-0.39, 0.29) is 12.5 Å². The van der Waals surface area contributed by atoms with E-state index in [2.05, 4.69) is 24.1 Å². The molecule has 0 saturated carbocycles. The van der Waals surface area contributed by atoms with Gasteiger partial charge in [-0.3, -0.25) is 4.79 Å². The molecule has 0 radical (unpaired) electrons. The number of benzene rings is 1. The highest BCUT2D eigenvalue weighted by molar-refractivity contribution is 5.75. The Morgan fingerprint density at radius 1 is 1.21 bits per heavy atom. The van der Waals surface area contributed by atoms with Gasteiger partial charge in [0.25, 0.3) is 0 Å². The minimum absolute atomic E-state index is 0.0786. The van der Waals surface area contributed by atoms with Gasteiger partial charge < -0.3 is 25.2 Å². The molecule has 0 bridgehead atoms. The van der Waals surface area contributed by atoms with E-state index in [1.165, 1.54) is 25.7 Å². The van der Waals surface area contributed by atoms with Crippen molar-refractivity contribution in [3.8, 4) is 11.5 Å². The van der Waals surface area contributed by atoms with Crippen molar-refractivity contribution in [2.45, 2.75) is 64.5 Å². The zero-order chi connectivity index (χ0) is 21.3. The average Bonchev–Trinajstić information content (AvgIpc) is 2.73. The van der Waals surface area contributed by atoms with Crippen LogP contribution in [0, 0.1) is 0 Å². The summed E-state index contributed by atoms with van der Waals surface area (Å²) >= 11 is 0. The second kappa shape index (κ2) is 15.8. The van der Waals surface area contributed by atoms with Gasteiger partial charge >= 0.3 is 0 Å². The monoisotopic (exact) mass is 406 g/mol. The summed E-state index contributed by atoms with van der Waals surface area (Å²) in [6.45, 7) is 7.51. The fraction of sp³-hybridized carbons (Fsp3) is 0.609. The SMILES string of the molecule is C=CCNCC(O)COc1ccc(CNC(=O)CCCCCCCC)cc1OC. The summed E-state index contributed by atoms with van der Waals surface area (Å²) in [5, 5.41) is 15.9. The number of nitrogens with one attached hydrogen (secondary N) is 2. The summed E-state index contributed by atoms with van der Waals surface area (Å²) in [5.74, 6) is 1.23. The van der Waals surface area contributed by atoms with Gasteiger partial charge in [-0.15, -0.1) is 6.58 Å². The molecule has 29 heavy (non-hydrogen) atoms. The summed E-state index contributed by atoms with van der Waals surface area (Å²) < 4.78 is 11.1. The molecule has 1 aromatic rings. The molecule has 0 aliphatic rings. The van der Waals surface area contributed by atoms with E-state index in [0.717, 1.165) is 18.4 Å². The van der Waals surface area contributed by atoms with E-state index >= 15 is 0 Å². The van der Waals surface area contributed by atoms with Gasteiger partial charge in [-0.1, -0.05) is 51.2 Å². The highest BCUT2D eigenvalue weighted by Gasteiger charge is 2.10. The maximum atomic E-state index is 12.0. The van der Waals surface area contributed by atoms with Gasteiger partial charge in [0.15, 0.2) is 11.5 Å². The fourth-order valence-corrected chi connectivity index (χ4v) is 2.89. The van der Waals surface area contributed by atoms with Crippen molar-refractivity contribution in [3.63, 3.8) is 0 Å². The predicted octanol–water partition coefficient (Wildman–Crippen LogP) is 3.58. The molecule has 0 aromatic heterocycles. The van der Waals surface area contributed by atoms with Crippen molar-refractivity contribution >= 4 is 5.91 Å². The lowest BCUT2D eigenvalue weighted by Crippen LogP contribution is -2.31. The zero-order valence-electron chi connectivity index (χ0n) is 18.0. The number of rotatable bonds is 17. The Morgan fingerprint density at radius 2 is 1.97 bits per heavy atom. The first kappa shape index (κ1) is 25.0. The first-order valence-electron chi connectivity index (χ1n) is 10.7. The van der Waals surface area contributed by atoms with Gasteiger partial charge in [-0.05, 0) is 24.1 Å². The van der Waals surface area contributed by atoms with Crippen LogP contribution in [-0.2, 0) is 11.3 Å². The third-order valence-corrected chi connectivity index (χ3v) is 4.57. The molecule has 164 valence electrons. The van der Waals surface area contributed by atoms with Crippen LogP contribution in [0.4, 0.5) is 0 Å². The van der Waals surface area contributed by atoms with Crippen LogP contribution in [0.2, 0.25) is 0 Å². The van der Waals surface area contributed by atoms with E-state index in [9.17, 15) is 9.90 Å². The standard InChI is InChI=1S/C23H38N2O4/c1-4-6-7-8-9-10-11-23(27)25-16-19-12-13-21(22(15-19)28-3)29-18-20(26)17-24-14-5-2/h5,12-13,15,20,24,26H,2,4,6-11,14,16-18H2,1,3H3,(H,25,27). The third kappa shape index (κ3) is 11.5. The highest BCUT2D eigenvalue weighted by atomic mass is 16.5. The molecular formula is C23H38N2O4. The number of unbranched alkanes of at least 4 members (excludes halogenated alkanes) is 5. The number of ether oxygens (including phenoxy) is 2. The summed E-state index contributed by atoms with van der Waals surface area (Å²) in [6, 6.07) is 5.55. The van der Waals surface area contributed by atoms with Gasteiger partial charge in [0.2, 0.25) is 5.91 Å². The van der Waals surface area contributed by atoms with E-state index < -0.39 is 6.10 Å². The van der Waals surface area contributed by atoms with Crippen LogP contribution in [-0.4, -0.2) is 43.9 Å². The summed E-state index contributed by atoms with van der Waals surface area (Å²) in [7, 11) is 1.57. The van der Waals surface area contributed by atoms with Crippen LogP contribution in [0.15, 0.2) is 30.9 Å². The molecule has 1 aromatic carbocycles. The number of carbonyl (C=O) groups excluding carboxylic acids is 1. The molecule has 0 heterocycles. The molecule has 0 fully saturated rings. The third-order valence-electron chi connectivity index (χ3n) is 4.57. The van der Waals surface area contributed by atoms with Crippen molar-refractivity contribution < 1.29 is 19.4 Å². The smallest absolute Gasteiger partial charge is 0.220 e. The van der Waals surface area contributed by atoms with Crippen molar-refractivity contribution in [3.05, 3.63) is 36.4 Å². The maximum Gasteiger partial charge on any atom is 0.220 e. The number of amides is 1. The lowest BCUT2D eigenvalue weighted by Gasteiger charge is -2.15. The Balaban J connectivity index is 2.36. The van der Waals surface area contributed by atoms with Crippen LogP contribution >= 0.6 is 0 Å². The number of aliphatic hydroxyl groups excluding tert-OH is 1. The maximum absolute atomic E-state index is 12.0. The number of aliphatic hydroxyl groups is 1. The van der Waals surface area contributed by atoms with Crippen molar-refractivity contribution in [2.75, 3.05) is 26.8 Å². The minimum Gasteiger partial charge on any atom is -0.493 e. The van der Waals surface area contributed by atoms with Gasteiger partial charge in [-0.25, -0.2) is 0 Å². The Hall–Kier alpha value is -2.05. The van der Waals surface area contributed by atoms with Crippen LogP contribution in [0.25, 0.3) is 0 Å². The van der Waals surface area contributed by atoms with Gasteiger partial charge in [0.05, 0.1) is 7.11 Å². The van der Waals surface area contributed by atoms with Gasteiger partial charge in [-0.2, -0.15) is 0 Å². The lowest BCUT2D eigenvalue weighted by molar-refractivity contribution is -0.121. The summed E-state index contributed by atoms with van der Waals surface area (Å²) in [4.78, 5) is 12.0. The van der Waals surface area contributed by atoms with Crippen molar-refractivity contribution in [2.24, 2.45) is 0 Å². The number of methoxy groups -OCH3 is 1. The first-order chi connectivity index (χ1) is 14.1. The number of hydrogen-bond acceptors (Lipinski definition) is 5. The number of hydrogen-bond donors (Lipinski definition) is 3. The van der Waals surface area contributed by atoms with Crippen LogP contribution in [0.5, 0.6) is 11.5 Å². The zero-order valence-corrected chi connectivity index (χ0v) is 18.0. The quantitative estimate of drug-likeness (QED) is 0.272. The highest BCUT2D eigenvalue weighted by Crippen LogP contribution is 2.28. The molecule has 0 aliphatic heterocycles. The molecule has 6 nitrogen and oxygen atoms in total. The summed E-state index contributed by atoms with van der Waals surface area (Å²) in [5.41, 5.74) is 0.943. The Kier molecular flexibility index (Phi) is 13.6. The molecular weight excluding hydrogens is 368 g/mol. The van der Waals surface area contributed by atoms with Gasteiger partial charge in [0.1, 0.15) is 12.7 Å². The van der Waals surface area contributed by atoms with E-state index in [4.69, 9.17) is 9.47 Å². The Morgan fingerprint density at radius 3 is 2.69 bits per heavy atom. The second-order valence-electron chi connectivity index (χ2n) is 7.19. The van der Waals surface area contributed by atoms with Crippen molar-refractivity contribution in [1.82, 2.24) is 10.6 Å². The molecule has 1 atom stereocenters. The lowest BCUT2D eigenvalue weighted by atomic mass is 10.1. The predicted molar refractivity (Wildman–Crippen MR) is 117 cm³/mol. The topological polar surface area (TPSA) is 79.8 Å². The van der Waals surface area contributed by atoms with Crippen molar-refractivity contribution in [1.29, 1.82) is 0 Å². The van der Waals surface area contributed by atoms with E-state index in [0.29, 0.717) is 37.6 Å². The molecule has 3 N–H and O–H groups in total. The Bertz CT molecular complexity index is 592. The van der Waals surface area contributed by atoms with Crippen LogP contribution in [0.3, 0.4) is 0 Å². The van der Waals surface area contributed by atoms with Crippen LogP contribution < -0.4 is 20.1 Å². The summed E-state index contributed by atoms with van der Waals surface area (Å²) in [6.07, 6.45) is 8.72. The van der Waals surface area contributed by atoms with Gasteiger partial charge in [0, 0.05) is 26.1 Å².